The Hall–Kier alpha value is -4.07. The minimum Gasteiger partial charge on any atom is -0.322 e. The molecule has 0 aliphatic carbocycles. The van der Waals surface area contributed by atoms with E-state index in [9.17, 15) is 24.1 Å². The van der Waals surface area contributed by atoms with Gasteiger partial charge in [0, 0.05) is 17.8 Å². The summed E-state index contributed by atoms with van der Waals surface area (Å²) in [5.74, 6) is -1.89. The molecule has 0 saturated heterocycles. The summed E-state index contributed by atoms with van der Waals surface area (Å²) in [5.41, 5.74) is 0.468. The van der Waals surface area contributed by atoms with Gasteiger partial charge in [-0.05, 0) is 36.4 Å². The van der Waals surface area contributed by atoms with Gasteiger partial charge in [-0.2, -0.15) is 0 Å². The highest BCUT2D eigenvalue weighted by Gasteiger charge is 2.16. The SMILES string of the molecule is O=C(Nc1ccccc1C(=O)Nc1ccc([N+](=O)[O-])cc1)c1ccccc1F. The Labute approximate surface area is 159 Å². The highest BCUT2D eigenvalue weighted by molar-refractivity contribution is 6.12. The van der Waals surface area contributed by atoms with Crippen LogP contribution >= 0.6 is 0 Å². The van der Waals surface area contributed by atoms with Gasteiger partial charge >= 0.3 is 0 Å². The van der Waals surface area contributed by atoms with Crippen molar-refractivity contribution in [3.05, 3.63) is 99.9 Å². The maximum atomic E-state index is 13.8. The topological polar surface area (TPSA) is 101 Å². The van der Waals surface area contributed by atoms with Gasteiger partial charge in [0.05, 0.1) is 21.7 Å². The molecule has 0 atom stereocenters. The lowest BCUT2D eigenvalue weighted by Gasteiger charge is -2.12. The number of nitrogens with one attached hydrogen (secondary N) is 2. The Bertz CT molecular complexity index is 1050. The van der Waals surface area contributed by atoms with E-state index in [0.29, 0.717) is 5.69 Å². The van der Waals surface area contributed by atoms with Crippen LogP contribution in [-0.2, 0) is 0 Å². The average Bonchev–Trinajstić information content (AvgIpc) is 2.69. The van der Waals surface area contributed by atoms with Crippen molar-refractivity contribution >= 4 is 28.9 Å². The van der Waals surface area contributed by atoms with E-state index in [1.165, 1.54) is 60.7 Å². The zero-order valence-electron chi connectivity index (χ0n) is 14.4. The van der Waals surface area contributed by atoms with Gasteiger partial charge in [-0.3, -0.25) is 19.7 Å². The van der Waals surface area contributed by atoms with E-state index in [2.05, 4.69) is 10.6 Å². The summed E-state index contributed by atoms with van der Waals surface area (Å²) in [5, 5.41) is 15.8. The van der Waals surface area contributed by atoms with Crippen LogP contribution in [0.1, 0.15) is 20.7 Å². The van der Waals surface area contributed by atoms with Crippen molar-refractivity contribution in [3.63, 3.8) is 0 Å². The first-order valence-electron chi connectivity index (χ1n) is 8.16. The highest BCUT2D eigenvalue weighted by Crippen LogP contribution is 2.20. The van der Waals surface area contributed by atoms with Crippen LogP contribution in [0.15, 0.2) is 72.8 Å². The summed E-state index contributed by atoms with van der Waals surface area (Å²) in [4.78, 5) is 35.0. The summed E-state index contributed by atoms with van der Waals surface area (Å²) >= 11 is 0. The van der Waals surface area contributed by atoms with Crippen molar-refractivity contribution in [1.29, 1.82) is 0 Å². The van der Waals surface area contributed by atoms with E-state index >= 15 is 0 Å². The van der Waals surface area contributed by atoms with Crippen LogP contribution in [0.3, 0.4) is 0 Å². The number of hydrogen-bond donors (Lipinski definition) is 2. The van der Waals surface area contributed by atoms with Gasteiger partial charge in [-0.1, -0.05) is 24.3 Å². The van der Waals surface area contributed by atoms with Crippen LogP contribution in [0.4, 0.5) is 21.5 Å². The lowest BCUT2D eigenvalue weighted by molar-refractivity contribution is -0.384. The monoisotopic (exact) mass is 379 g/mol. The van der Waals surface area contributed by atoms with Crippen molar-refractivity contribution in [2.75, 3.05) is 10.6 Å². The van der Waals surface area contributed by atoms with E-state index in [0.717, 1.165) is 0 Å². The van der Waals surface area contributed by atoms with Crippen molar-refractivity contribution < 1.29 is 18.9 Å². The first-order valence-corrected chi connectivity index (χ1v) is 8.16. The molecule has 0 heterocycles. The number of carbonyl (C=O) groups is 2. The van der Waals surface area contributed by atoms with Crippen LogP contribution in [0.5, 0.6) is 0 Å². The second-order valence-electron chi connectivity index (χ2n) is 5.74. The summed E-state index contributed by atoms with van der Waals surface area (Å²) in [7, 11) is 0. The molecule has 2 N–H and O–H groups in total. The molecule has 0 aromatic heterocycles. The maximum absolute atomic E-state index is 13.8. The number of rotatable bonds is 5. The molecule has 0 fully saturated rings. The maximum Gasteiger partial charge on any atom is 0.269 e. The summed E-state index contributed by atoms with van der Waals surface area (Å²) in [6.07, 6.45) is 0. The summed E-state index contributed by atoms with van der Waals surface area (Å²) in [6.45, 7) is 0. The molecule has 0 bridgehead atoms. The van der Waals surface area contributed by atoms with Crippen molar-refractivity contribution in [3.8, 4) is 0 Å². The minimum atomic E-state index is -0.686. The number of nitrogens with zero attached hydrogens (tertiary/aromatic N) is 1. The molecule has 7 nitrogen and oxygen atoms in total. The van der Waals surface area contributed by atoms with Crippen LogP contribution in [0.2, 0.25) is 0 Å². The van der Waals surface area contributed by atoms with E-state index in [4.69, 9.17) is 0 Å². The quantitative estimate of drug-likeness (QED) is 0.511. The molecule has 0 aliphatic rings. The second kappa shape index (κ2) is 8.09. The number of anilines is 2. The number of non-ortho nitro benzene ring substituents is 1. The predicted octanol–water partition coefficient (Wildman–Crippen LogP) is 4.24. The molecule has 3 rings (SSSR count). The molecule has 28 heavy (non-hydrogen) atoms. The molecule has 8 heteroatoms. The Morgan fingerprint density at radius 3 is 2.00 bits per heavy atom. The van der Waals surface area contributed by atoms with Crippen LogP contribution in [0, 0.1) is 15.9 Å². The molecule has 140 valence electrons. The van der Waals surface area contributed by atoms with Crippen molar-refractivity contribution in [1.82, 2.24) is 0 Å². The van der Waals surface area contributed by atoms with Gasteiger partial charge in [0.25, 0.3) is 17.5 Å². The normalized spacial score (nSPS) is 10.2. The number of halogens is 1. The fourth-order valence-corrected chi connectivity index (χ4v) is 2.49. The Kier molecular flexibility index (Phi) is 5.40. The number of carbonyl (C=O) groups excluding carboxylic acids is 2. The lowest BCUT2D eigenvalue weighted by Crippen LogP contribution is -2.19. The third kappa shape index (κ3) is 4.18. The zero-order valence-corrected chi connectivity index (χ0v) is 14.4. The number of nitro benzene ring substituents is 1. The number of amides is 2. The van der Waals surface area contributed by atoms with E-state index < -0.39 is 22.6 Å². The molecule has 0 spiro atoms. The minimum absolute atomic E-state index is 0.101. The van der Waals surface area contributed by atoms with Gasteiger partial charge in [-0.25, -0.2) is 4.39 Å². The smallest absolute Gasteiger partial charge is 0.269 e. The third-order valence-corrected chi connectivity index (χ3v) is 3.87. The predicted molar refractivity (Wildman–Crippen MR) is 102 cm³/mol. The van der Waals surface area contributed by atoms with Gasteiger partial charge in [0.1, 0.15) is 5.82 Å². The fraction of sp³-hybridized carbons (Fsp3) is 0. The number of nitro groups is 1. The zero-order chi connectivity index (χ0) is 20.1. The largest absolute Gasteiger partial charge is 0.322 e. The van der Waals surface area contributed by atoms with Crippen LogP contribution in [-0.4, -0.2) is 16.7 Å². The molecule has 0 saturated carbocycles. The Balaban J connectivity index is 1.79. The van der Waals surface area contributed by atoms with Crippen LogP contribution in [0.25, 0.3) is 0 Å². The third-order valence-electron chi connectivity index (χ3n) is 3.87. The van der Waals surface area contributed by atoms with Crippen molar-refractivity contribution in [2.24, 2.45) is 0 Å². The highest BCUT2D eigenvalue weighted by atomic mass is 19.1. The van der Waals surface area contributed by atoms with Gasteiger partial charge in [0.15, 0.2) is 0 Å². The van der Waals surface area contributed by atoms with E-state index in [1.807, 2.05) is 0 Å². The molecule has 3 aromatic rings. The standard InChI is InChI=1S/C20H14FN3O4/c21-17-7-3-1-5-15(17)19(25)23-18-8-4-2-6-16(18)20(26)22-13-9-11-14(12-10-13)24(27)28/h1-12H,(H,22,26)(H,23,25). The van der Waals surface area contributed by atoms with Gasteiger partial charge < -0.3 is 10.6 Å². The molecule has 0 radical (unpaired) electrons. The molecule has 2 amide bonds. The second-order valence-corrected chi connectivity index (χ2v) is 5.74. The number of hydrogen-bond acceptors (Lipinski definition) is 4. The molecular formula is C20H14FN3O4. The first-order chi connectivity index (χ1) is 13.5. The van der Waals surface area contributed by atoms with Gasteiger partial charge in [-0.15, -0.1) is 0 Å². The summed E-state index contributed by atoms with van der Waals surface area (Å²) in [6, 6.07) is 17.1. The number of para-hydroxylation sites is 1. The van der Waals surface area contributed by atoms with E-state index in [-0.39, 0.29) is 22.5 Å². The van der Waals surface area contributed by atoms with E-state index in [1.54, 1.807) is 12.1 Å². The fourth-order valence-electron chi connectivity index (χ4n) is 2.49. The number of benzene rings is 3. The average molecular weight is 379 g/mol. The molecular weight excluding hydrogens is 365 g/mol. The molecule has 3 aromatic carbocycles. The van der Waals surface area contributed by atoms with Crippen molar-refractivity contribution in [2.45, 2.75) is 0 Å². The molecule has 0 unspecified atom stereocenters. The van der Waals surface area contributed by atoms with Crippen LogP contribution < -0.4 is 10.6 Å². The van der Waals surface area contributed by atoms with Gasteiger partial charge in [0.2, 0.25) is 0 Å². The first kappa shape index (κ1) is 18.7. The summed E-state index contributed by atoms with van der Waals surface area (Å²) < 4.78 is 13.8. The Morgan fingerprint density at radius 2 is 1.36 bits per heavy atom. The molecule has 0 aliphatic heterocycles. The Morgan fingerprint density at radius 1 is 0.786 bits per heavy atom. The lowest BCUT2D eigenvalue weighted by atomic mass is 10.1.